The van der Waals surface area contributed by atoms with Crippen molar-refractivity contribution in [2.45, 2.75) is 18.9 Å². The van der Waals surface area contributed by atoms with Crippen molar-refractivity contribution in [2.24, 2.45) is 11.7 Å². The molecule has 108 valence electrons. The van der Waals surface area contributed by atoms with Gasteiger partial charge in [0.25, 0.3) is 0 Å². The molecule has 1 aliphatic heterocycles. The lowest BCUT2D eigenvalue weighted by atomic mass is 9.86. The minimum absolute atomic E-state index is 0.0323. The largest absolute Gasteiger partial charge is 0.369 e. The first-order valence-electron chi connectivity index (χ1n) is 7.41. The number of rotatable bonds is 3. The summed E-state index contributed by atoms with van der Waals surface area (Å²) < 4.78 is 0. The number of amides is 1. The summed E-state index contributed by atoms with van der Waals surface area (Å²) in [6.07, 6.45) is 1.61. The molecule has 2 N–H and O–H groups in total. The molecule has 2 atom stereocenters. The molecule has 0 saturated carbocycles. The fourth-order valence-corrected chi connectivity index (χ4v) is 3.14. The molecule has 3 nitrogen and oxygen atoms in total. The van der Waals surface area contributed by atoms with Crippen LogP contribution in [0.1, 0.15) is 24.4 Å². The number of piperidine rings is 1. The number of primary amides is 1. The molecule has 2 aromatic rings. The van der Waals surface area contributed by atoms with Crippen molar-refractivity contribution in [3.8, 4) is 0 Å². The van der Waals surface area contributed by atoms with Gasteiger partial charge in [-0.25, -0.2) is 0 Å². The van der Waals surface area contributed by atoms with E-state index in [-0.39, 0.29) is 17.9 Å². The van der Waals surface area contributed by atoms with Gasteiger partial charge in [0.2, 0.25) is 5.91 Å². The molecule has 0 aliphatic carbocycles. The number of nitrogens with two attached hydrogens (primary N) is 1. The third kappa shape index (κ3) is 2.92. The van der Waals surface area contributed by atoms with Crippen LogP contribution in [0.5, 0.6) is 0 Å². The lowest BCUT2D eigenvalue weighted by molar-refractivity contribution is -0.122. The highest BCUT2D eigenvalue weighted by Gasteiger charge is 2.32. The van der Waals surface area contributed by atoms with E-state index in [0.717, 1.165) is 19.4 Å². The fraction of sp³-hybridized carbons (Fsp3) is 0.278. The number of hydrogen-bond acceptors (Lipinski definition) is 2. The summed E-state index contributed by atoms with van der Waals surface area (Å²) in [5.74, 6) is -0.209. The molecule has 1 aliphatic rings. The van der Waals surface area contributed by atoms with Crippen LogP contribution in [-0.2, 0) is 4.79 Å². The molecule has 2 unspecified atom stereocenters. The normalized spacial score (nSPS) is 22.0. The van der Waals surface area contributed by atoms with Crippen molar-refractivity contribution in [3.05, 3.63) is 66.2 Å². The maximum atomic E-state index is 11.6. The zero-order valence-corrected chi connectivity index (χ0v) is 12.0. The van der Waals surface area contributed by atoms with Crippen molar-refractivity contribution in [1.82, 2.24) is 0 Å². The molecule has 1 heterocycles. The van der Waals surface area contributed by atoms with Crippen LogP contribution in [0, 0.1) is 5.92 Å². The van der Waals surface area contributed by atoms with Gasteiger partial charge in [-0.05, 0) is 30.5 Å². The predicted octanol–water partition coefficient (Wildman–Crippen LogP) is 3.13. The zero-order chi connectivity index (χ0) is 14.7. The van der Waals surface area contributed by atoms with Crippen molar-refractivity contribution in [3.63, 3.8) is 0 Å². The molecule has 0 bridgehead atoms. The van der Waals surface area contributed by atoms with Gasteiger partial charge in [0.1, 0.15) is 0 Å². The van der Waals surface area contributed by atoms with E-state index in [9.17, 15) is 4.79 Å². The van der Waals surface area contributed by atoms with Gasteiger partial charge in [-0.3, -0.25) is 4.79 Å². The summed E-state index contributed by atoms with van der Waals surface area (Å²) in [6.45, 7) is 0.858. The summed E-state index contributed by atoms with van der Waals surface area (Å²) in [6, 6.07) is 21.0. The van der Waals surface area contributed by atoms with Crippen LogP contribution < -0.4 is 10.6 Å². The molecule has 1 saturated heterocycles. The van der Waals surface area contributed by atoms with Gasteiger partial charge in [-0.1, -0.05) is 48.5 Å². The second-order valence-corrected chi connectivity index (χ2v) is 5.58. The maximum Gasteiger partial charge on any atom is 0.220 e. The van der Waals surface area contributed by atoms with Crippen LogP contribution in [0.2, 0.25) is 0 Å². The Labute approximate surface area is 125 Å². The summed E-state index contributed by atoms with van der Waals surface area (Å²) in [4.78, 5) is 14.0. The van der Waals surface area contributed by atoms with Crippen LogP contribution in [0.15, 0.2) is 60.7 Å². The zero-order valence-electron chi connectivity index (χ0n) is 12.0. The van der Waals surface area contributed by atoms with E-state index in [1.54, 1.807) is 0 Å². The topological polar surface area (TPSA) is 46.3 Å². The minimum atomic E-state index is -0.177. The Hall–Kier alpha value is -2.29. The van der Waals surface area contributed by atoms with Crippen LogP contribution >= 0.6 is 0 Å². The van der Waals surface area contributed by atoms with E-state index >= 15 is 0 Å². The lowest BCUT2D eigenvalue weighted by Crippen LogP contribution is -2.41. The van der Waals surface area contributed by atoms with Crippen LogP contribution in [0.4, 0.5) is 5.69 Å². The molecule has 1 fully saturated rings. The minimum Gasteiger partial charge on any atom is -0.369 e. The van der Waals surface area contributed by atoms with E-state index in [4.69, 9.17) is 5.73 Å². The second kappa shape index (κ2) is 6.00. The highest BCUT2D eigenvalue weighted by Crippen LogP contribution is 2.37. The van der Waals surface area contributed by atoms with Gasteiger partial charge in [0, 0.05) is 18.2 Å². The van der Waals surface area contributed by atoms with Crippen molar-refractivity contribution in [1.29, 1.82) is 0 Å². The summed E-state index contributed by atoms with van der Waals surface area (Å²) in [5.41, 5.74) is 7.98. The Kier molecular flexibility index (Phi) is 3.91. The average Bonchev–Trinajstić information content (AvgIpc) is 2.56. The van der Waals surface area contributed by atoms with Gasteiger partial charge < -0.3 is 10.6 Å². The molecule has 3 rings (SSSR count). The number of carbonyl (C=O) groups is 1. The lowest BCUT2D eigenvalue weighted by Gasteiger charge is -2.40. The molecule has 0 spiro atoms. The van der Waals surface area contributed by atoms with Gasteiger partial charge in [-0.15, -0.1) is 0 Å². The van der Waals surface area contributed by atoms with Crippen molar-refractivity contribution >= 4 is 11.6 Å². The number of nitrogens with zero attached hydrogens (tertiary/aromatic N) is 1. The third-order valence-electron chi connectivity index (χ3n) is 4.28. The molecule has 0 radical (unpaired) electrons. The van der Waals surface area contributed by atoms with Gasteiger partial charge in [0.05, 0.1) is 6.04 Å². The molecule has 1 amide bonds. The number of para-hydroxylation sites is 1. The Morgan fingerprint density at radius 2 is 1.62 bits per heavy atom. The number of anilines is 1. The monoisotopic (exact) mass is 280 g/mol. The predicted molar refractivity (Wildman–Crippen MR) is 84.9 cm³/mol. The first-order chi connectivity index (χ1) is 10.3. The Morgan fingerprint density at radius 1 is 1.00 bits per heavy atom. The third-order valence-corrected chi connectivity index (χ3v) is 4.28. The molecular weight excluding hydrogens is 260 g/mol. The molecule has 3 heteroatoms. The van der Waals surface area contributed by atoms with Crippen LogP contribution in [0.3, 0.4) is 0 Å². The number of hydrogen-bond donors (Lipinski definition) is 1. The van der Waals surface area contributed by atoms with Crippen molar-refractivity contribution < 1.29 is 4.79 Å². The number of benzene rings is 2. The van der Waals surface area contributed by atoms with E-state index in [2.05, 4.69) is 41.3 Å². The van der Waals surface area contributed by atoms with Gasteiger partial charge in [-0.2, -0.15) is 0 Å². The standard InChI is InChI=1S/C18H20N2O/c19-18(21)15-11-12-20(16-9-5-2-6-10-16)17(13-15)14-7-3-1-4-8-14/h1-10,15,17H,11-13H2,(H2,19,21). The Balaban J connectivity index is 1.93. The van der Waals surface area contributed by atoms with E-state index in [0.29, 0.717) is 0 Å². The highest BCUT2D eigenvalue weighted by atomic mass is 16.1. The molecule has 0 aromatic heterocycles. The highest BCUT2D eigenvalue weighted by molar-refractivity contribution is 5.77. The smallest absolute Gasteiger partial charge is 0.220 e. The summed E-state index contributed by atoms with van der Waals surface area (Å²) in [7, 11) is 0. The SMILES string of the molecule is NC(=O)C1CCN(c2ccccc2)C(c2ccccc2)C1. The summed E-state index contributed by atoms with van der Waals surface area (Å²) in [5, 5.41) is 0. The summed E-state index contributed by atoms with van der Waals surface area (Å²) >= 11 is 0. The van der Waals surface area contributed by atoms with Gasteiger partial charge >= 0.3 is 0 Å². The Morgan fingerprint density at radius 3 is 2.24 bits per heavy atom. The van der Waals surface area contributed by atoms with Crippen molar-refractivity contribution in [2.75, 3.05) is 11.4 Å². The van der Waals surface area contributed by atoms with Crippen LogP contribution in [-0.4, -0.2) is 12.5 Å². The first-order valence-corrected chi connectivity index (χ1v) is 7.41. The fourth-order valence-electron chi connectivity index (χ4n) is 3.14. The first kappa shape index (κ1) is 13.7. The van der Waals surface area contributed by atoms with Crippen LogP contribution in [0.25, 0.3) is 0 Å². The molecular formula is C18H20N2O. The van der Waals surface area contributed by atoms with E-state index < -0.39 is 0 Å². The Bertz CT molecular complexity index is 597. The average molecular weight is 280 g/mol. The quantitative estimate of drug-likeness (QED) is 0.939. The van der Waals surface area contributed by atoms with E-state index in [1.165, 1.54) is 11.3 Å². The molecule has 2 aromatic carbocycles. The van der Waals surface area contributed by atoms with Gasteiger partial charge in [0.15, 0.2) is 0 Å². The van der Waals surface area contributed by atoms with E-state index in [1.807, 2.05) is 24.3 Å². The second-order valence-electron chi connectivity index (χ2n) is 5.58. The maximum absolute atomic E-state index is 11.6. The molecule has 21 heavy (non-hydrogen) atoms. The number of carbonyl (C=O) groups excluding carboxylic acids is 1.